The van der Waals surface area contributed by atoms with Crippen molar-refractivity contribution in [2.45, 2.75) is 33.3 Å². The summed E-state index contributed by atoms with van der Waals surface area (Å²) in [6, 6.07) is 0. The highest BCUT2D eigenvalue weighted by atomic mass is 32.2. The molecule has 1 heterocycles. The van der Waals surface area contributed by atoms with Gasteiger partial charge in [0.05, 0.1) is 11.9 Å². The van der Waals surface area contributed by atoms with Gasteiger partial charge in [-0.3, -0.25) is 0 Å². The van der Waals surface area contributed by atoms with Gasteiger partial charge < -0.3 is 5.11 Å². The molecule has 15 heavy (non-hydrogen) atoms. The van der Waals surface area contributed by atoms with Gasteiger partial charge in [-0.05, 0) is 18.3 Å². The molecule has 1 aliphatic rings. The number of nitrogens with zero attached hydrogens (tertiary/aromatic N) is 1. The predicted octanol–water partition coefficient (Wildman–Crippen LogP) is 0.675. The molecule has 1 aliphatic heterocycles. The molecule has 1 N–H and O–H groups in total. The summed E-state index contributed by atoms with van der Waals surface area (Å²) >= 11 is 0. The van der Waals surface area contributed by atoms with E-state index in [4.69, 9.17) is 0 Å². The highest BCUT2D eigenvalue weighted by Gasteiger charge is 2.31. The van der Waals surface area contributed by atoms with Gasteiger partial charge in [0.15, 0.2) is 0 Å². The van der Waals surface area contributed by atoms with E-state index in [1.807, 2.05) is 20.8 Å². The Labute approximate surface area is 92.3 Å². The first-order valence-corrected chi connectivity index (χ1v) is 7.09. The molecule has 2 unspecified atom stereocenters. The van der Waals surface area contributed by atoms with Crippen LogP contribution in [0.4, 0.5) is 0 Å². The fraction of sp³-hybridized carbons (Fsp3) is 1.00. The zero-order chi connectivity index (χ0) is 11.6. The summed E-state index contributed by atoms with van der Waals surface area (Å²) in [7, 11) is -3.12. The van der Waals surface area contributed by atoms with Crippen LogP contribution in [-0.4, -0.2) is 42.8 Å². The minimum Gasteiger partial charge on any atom is -0.393 e. The van der Waals surface area contributed by atoms with Gasteiger partial charge in [0.25, 0.3) is 0 Å². The molecule has 0 amide bonds. The largest absolute Gasteiger partial charge is 0.393 e. The van der Waals surface area contributed by atoms with Crippen LogP contribution in [0.15, 0.2) is 0 Å². The van der Waals surface area contributed by atoms with Crippen molar-refractivity contribution in [2.75, 3.05) is 18.8 Å². The average molecular weight is 235 g/mol. The van der Waals surface area contributed by atoms with Crippen LogP contribution in [0.5, 0.6) is 0 Å². The van der Waals surface area contributed by atoms with E-state index in [1.54, 1.807) is 0 Å². The van der Waals surface area contributed by atoms with Crippen LogP contribution in [0.3, 0.4) is 0 Å². The summed E-state index contributed by atoms with van der Waals surface area (Å²) in [6.45, 7) is 6.61. The molecule has 0 aromatic carbocycles. The number of hydrogen-bond donors (Lipinski definition) is 1. The van der Waals surface area contributed by atoms with Crippen molar-refractivity contribution < 1.29 is 13.5 Å². The van der Waals surface area contributed by atoms with Crippen molar-refractivity contribution in [3.05, 3.63) is 0 Å². The van der Waals surface area contributed by atoms with Crippen LogP contribution < -0.4 is 0 Å². The molecule has 0 aromatic rings. The Morgan fingerprint density at radius 2 is 2.07 bits per heavy atom. The molecule has 0 aromatic heterocycles. The molecule has 0 spiro atoms. The van der Waals surface area contributed by atoms with Gasteiger partial charge in [-0.1, -0.05) is 20.8 Å². The van der Waals surface area contributed by atoms with Crippen molar-refractivity contribution in [1.29, 1.82) is 0 Å². The van der Waals surface area contributed by atoms with E-state index in [-0.39, 0.29) is 23.7 Å². The van der Waals surface area contributed by atoms with E-state index >= 15 is 0 Å². The van der Waals surface area contributed by atoms with Crippen LogP contribution in [0.25, 0.3) is 0 Å². The Hall–Kier alpha value is -0.130. The first-order chi connectivity index (χ1) is 6.83. The summed E-state index contributed by atoms with van der Waals surface area (Å²) in [5.41, 5.74) is 0. The van der Waals surface area contributed by atoms with Gasteiger partial charge in [0.2, 0.25) is 10.0 Å². The fourth-order valence-electron chi connectivity index (χ4n) is 1.87. The Kier molecular flexibility index (Phi) is 4.14. The quantitative estimate of drug-likeness (QED) is 0.782. The number of hydrogen-bond acceptors (Lipinski definition) is 3. The monoisotopic (exact) mass is 235 g/mol. The molecule has 0 aliphatic carbocycles. The number of aliphatic hydroxyl groups is 1. The molecular weight excluding hydrogens is 214 g/mol. The Morgan fingerprint density at radius 1 is 1.47 bits per heavy atom. The third-order valence-corrected chi connectivity index (χ3v) is 4.97. The first kappa shape index (κ1) is 12.9. The molecule has 4 nitrogen and oxygen atoms in total. The number of aliphatic hydroxyl groups excluding tert-OH is 1. The van der Waals surface area contributed by atoms with E-state index in [9.17, 15) is 13.5 Å². The highest BCUT2D eigenvalue weighted by molar-refractivity contribution is 7.89. The Bertz CT molecular complexity index is 300. The van der Waals surface area contributed by atoms with Gasteiger partial charge >= 0.3 is 0 Å². The predicted molar refractivity (Wildman–Crippen MR) is 60.0 cm³/mol. The van der Waals surface area contributed by atoms with Crippen LogP contribution >= 0.6 is 0 Å². The molecule has 90 valence electrons. The summed E-state index contributed by atoms with van der Waals surface area (Å²) in [5, 5.41) is 9.52. The lowest BCUT2D eigenvalue weighted by atomic mass is 9.99. The van der Waals surface area contributed by atoms with E-state index in [0.29, 0.717) is 19.5 Å². The van der Waals surface area contributed by atoms with Crippen molar-refractivity contribution in [3.8, 4) is 0 Å². The van der Waals surface area contributed by atoms with E-state index in [2.05, 4.69) is 0 Å². The standard InChI is InChI=1S/C10H21NO3S/c1-8(2)7-15(13,14)11-5-4-10(12)9(3)6-11/h8-10,12H,4-7H2,1-3H3. The lowest BCUT2D eigenvalue weighted by molar-refractivity contribution is 0.0628. The molecule has 0 bridgehead atoms. The average Bonchev–Trinajstić information content (AvgIpc) is 2.07. The molecule has 1 rings (SSSR count). The van der Waals surface area contributed by atoms with Crippen LogP contribution in [0.2, 0.25) is 0 Å². The minimum absolute atomic E-state index is 0.0423. The van der Waals surface area contributed by atoms with Gasteiger partial charge in [-0.15, -0.1) is 0 Å². The Balaban J connectivity index is 2.65. The Morgan fingerprint density at radius 3 is 2.53 bits per heavy atom. The maximum absolute atomic E-state index is 11.9. The molecule has 0 radical (unpaired) electrons. The van der Waals surface area contributed by atoms with Gasteiger partial charge in [0, 0.05) is 13.1 Å². The van der Waals surface area contributed by atoms with E-state index in [1.165, 1.54) is 4.31 Å². The highest BCUT2D eigenvalue weighted by Crippen LogP contribution is 2.20. The van der Waals surface area contributed by atoms with Gasteiger partial charge in [-0.2, -0.15) is 0 Å². The van der Waals surface area contributed by atoms with Crippen molar-refractivity contribution in [1.82, 2.24) is 4.31 Å². The molecular formula is C10H21NO3S. The molecule has 0 saturated carbocycles. The molecule has 1 saturated heterocycles. The maximum Gasteiger partial charge on any atom is 0.214 e. The topological polar surface area (TPSA) is 57.6 Å². The first-order valence-electron chi connectivity index (χ1n) is 5.49. The summed E-state index contributed by atoms with van der Waals surface area (Å²) < 4.78 is 25.3. The summed E-state index contributed by atoms with van der Waals surface area (Å²) in [6.07, 6.45) is 0.203. The normalized spacial score (nSPS) is 29.7. The molecule has 5 heteroatoms. The second kappa shape index (κ2) is 4.80. The van der Waals surface area contributed by atoms with Crippen molar-refractivity contribution in [2.24, 2.45) is 11.8 Å². The summed E-state index contributed by atoms with van der Waals surface area (Å²) in [5.74, 6) is 0.397. The van der Waals surface area contributed by atoms with Crippen LogP contribution in [-0.2, 0) is 10.0 Å². The van der Waals surface area contributed by atoms with E-state index < -0.39 is 10.0 Å². The van der Waals surface area contributed by atoms with Crippen molar-refractivity contribution in [3.63, 3.8) is 0 Å². The lowest BCUT2D eigenvalue weighted by Gasteiger charge is -2.33. The summed E-state index contributed by atoms with van der Waals surface area (Å²) in [4.78, 5) is 0. The third-order valence-electron chi connectivity index (χ3n) is 2.76. The fourth-order valence-corrected chi connectivity index (χ4v) is 3.77. The molecule has 2 atom stereocenters. The second-order valence-electron chi connectivity index (χ2n) is 4.86. The lowest BCUT2D eigenvalue weighted by Crippen LogP contribution is -2.46. The minimum atomic E-state index is -3.12. The SMILES string of the molecule is CC(C)CS(=O)(=O)N1CCC(O)C(C)C1. The van der Waals surface area contributed by atoms with Gasteiger partial charge in [0.1, 0.15) is 0 Å². The zero-order valence-corrected chi connectivity index (χ0v) is 10.5. The van der Waals surface area contributed by atoms with Crippen molar-refractivity contribution >= 4 is 10.0 Å². The second-order valence-corrected chi connectivity index (χ2v) is 6.88. The number of sulfonamides is 1. The maximum atomic E-state index is 11.9. The third kappa shape index (κ3) is 3.43. The smallest absolute Gasteiger partial charge is 0.214 e. The van der Waals surface area contributed by atoms with Crippen LogP contribution in [0.1, 0.15) is 27.2 Å². The number of rotatable bonds is 3. The zero-order valence-electron chi connectivity index (χ0n) is 9.68. The van der Waals surface area contributed by atoms with E-state index in [0.717, 1.165) is 0 Å². The molecule has 1 fully saturated rings. The number of piperidine rings is 1. The van der Waals surface area contributed by atoms with Gasteiger partial charge in [-0.25, -0.2) is 12.7 Å². The van der Waals surface area contributed by atoms with Crippen LogP contribution in [0, 0.1) is 11.8 Å².